The summed E-state index contributed by atoms with van der Waals surface area (Å²) in [5, 5.41) is 1.61. The Labute approximate surface area is 87.4 Å². The minimum absolute atomic E-state index is 0. The molecule has 1 rings (SSSR count). The molecule has 0 amide bonds. The first-order valence-electron chi connectivity index (χ1n) is 5.20. The lowest BCUT2D eigenvalue weighted by molar-refractivity contribution is -0.00000283. The molecular formula is C12H20FP. The van der Waals surface area contributed by atoms with Gasteiger partial charge in [-0.15, -0.1) is 0 Å². The van der Waals surface area contributed by atoms with Crippen molar-refractivity contribution in [3.05, 3.63) is 30.3 Å². The molecule has 0 bridgehead atoms. The molecule has 0 radical (unpaired) electrons. The molecule has 0 saturated heterocycles. The molecule has 0 atom stereocenters. The largest absolute Gasteiger partial charge is 1.00 e. The van der Waals surface area contributed by atoms with Gasteiger partial charge in [0.1, 0.15) is 0 Å². The molecule has 0 saturated carbocycles. The summed E-state index contributed by atoms with van der Waals surface area (Å²) in [4.78, 5) is 0. The topological polar surface area (TPSA) is 0 Å². The third-order valence-corrected chi connectivity index (χ3v) is 8.15. The zero-order valence-electron chi connectivity index (χ0n) is 9.33. The fourth-order valence-electron chi connectivity index (χ4n) is 1.96. The SMILES string of the molecule is CC[P+](CC)(CC)c1ccccc1.[F-]. The van der Waals surface area contributed by atoms with E-state index in [1.807, 2.05) is 0 Å². The van der Waals surface area contributed by atoms with E-state index in [1.165, 1.54) is 18.5 Å². The Hall–Kier alpha value is -0.420. The molecule has 1 aromatic rings. The molecule has 80 valence electrons. The molecule has 0 fully saturated rings. The lowest BCUT2D eigenvalue weighted by Gasteiger charge is -2.23. The number of hydrogen-bond acceptors (Lipinski definition) is 0. The minimum atomic E-state index is -0.791. The number of halogens is 1. The predicted molar refractivity (Wildman–Crippen MR) is 64.6 cm³/mol. The van der Waals surface area contributed by atoms with Crippen LogP contribution in [0.3, 0.4) is 0 Å². The van der Waals surface area contributed by atoms with E-state index in [1.54, 1.807) is 5.30 Å². The van der Waals surface area contributed by atoms with Gasteiger partial charge < -0.3 is 4.70 Å². The zero-order chi connectivity index (χ0) is 9.73. The first-order valence-corrected chi connectivity index (χ1v) is 7.55. The summed E-state index contributed by atoms with van der Waals surface area (Å²) in [6.07, 6.45) is 4.05. The molecule has 0 heterocycles. The van der Waals surface area contributed by atoms with Crippen molar-refractivity contribution < 1.29 is 4.70 Å². The molecule has 0 aliphatic heterocycles. The maximum absolute atomic E-state index is 2.34. The van der Waals surface area contributed by atoms with Gasteiger partial charge in [0.05, 0.1) is 23.8 Å². The first-order chi connectivity index (χ1) is 6.29. The quantitative estimate of drug-likeness (QED) is 0.636. The van der Waals surface area contributed by atoms with Crippen LogP contribution in [-0.4, -0.2) is 18.5 Å². The van der Waals surface area contributed by atoms with Gasteiger partial charge in [0.25, 0.3) is 0 Å². The van der Waals surface area contributed by atoms with E-state index in [0.717, 1.165) is 0 Å². The summed E-state index contributed by atoms with van der Waals surface area (Å²) in [7, 11) is -0.791. The average molecular weight is 214 g/mol. The van der Waals surface area contributed by atoms with Crippen molar-refractivity contribution in [2.24, 2.45) is 0 Å². The summed E-state index contributed by atoms with van der Waals surface area (Å²) in [6, 6.07) is 11.1. The summed E-state index contributed by atoms with van der Waals surface area (Å²) in [5.41, 5.74) is 0. The van der Waals surface area contributed by atoms with Gasteiger partial charge in [-0.25, -0.2) is 0 Å². The predicted octanol–water partition coefficient (Wildman–Crippen LogP) is 0.393. The summed E-state index contributed by atoms with van der Waals surface area (Å²) < 4.78 is 0. The second-order valence-electron chi connectivity index (χ2n) is 3.43. The van der Waals surface area contributed by atoms with E-state index in [-0.39, 0.29) is 4.70 Å². The van der Waals surface area contributed by atoms with Crippen molar-refractivity contribution in [1.29, 1.82) is 0 Å². The van der Waals surface area contributed by atoms with Crippen LogP contribution >= 0.6 is 7.26 Å². The molecule has 1 aromatic carbocycles. The normalized spacial score (nSPS) is 10.8. The van der Waals surface area contributed by atoms with Gasteiger partial charge in [-0.3, -0.25) is 0 Å². The van der Waals surface area contributed by atoms with Crippen molar-refractivity contribution in [3.63, 3.8) is 0 Å². The molecule has 14 heavy (non-hydrogen) atoms. The van der Waals surface area contributed by atoms with Crippen molar-refractivity contribution in [3.8, 4) is 0 Å². The van der Waals surface area contributed by atoms with Gasteiger partial charge in [-0.2, -0.15) is 0 Å². The third-order valence-electron chi connectivity index (χ3n) is 3.12. The van der Waals surface area contributed by atoms with Crippen molar-refractivity contribution in [2.75, 3.05) is 18.5 Å². The monoisotopic (exact) mass is 214 g/mol. The van der Waals surface area contributed by atoms with Crippen LogP contribution in [0.2, 0.25) is 0 Å². The molecule has 0 aliphatic rings. The van der Waals surface area contributed by atoms with Crippen LogP contribution in [-0.2, 0) is 0 Å². The van der Waals surface area contributed by atoms with Crippen LogP contribution in [0.15, 0.2) is 30.3 Å². The minimum Gasteiger partial charge on any atom is -1.00 e. The summed E-state index contributed by atoms with van der Waals surface area (Å²) >= 11 is 0. The fourth-order valence-corrected chi connectivity index (χ4v) is 5.20. The maximum Gasteiger partial charge on any atom is 0.0939 e. The highest BCUT2D eigenvalue weighted by Crippen LogP contribution is 2.56. The highest BCUT2D eigenvalue weighted by molar-refractivity contribution is 7.82. The van der Waals surface area contributed by atoms with Crippen LogP contribution < -0.4 is 10.0 Å². The second kappa shape index (κ2) is 6.14. The van der Waals surface area contributed by atoms with Gasteiger partial charge >= 0.3 is 0 Å². The molecule has 0 spiro atoms. The lowest BCUT2D eigenvalue weighted by atomic mass is 10.4. The van der Waals surface area contributed by atoms with Gasteiger partial charge in [-0.05, 0) is 32.9 Å². The van der Waals surface area contributed by atoms with Gasteiger partial charge in [0, 0.05) is 7.26 Å². The van der Waals surface area contributed by atoms with Gasteiger partial charge in [0.2, 0.25) is 0 Å². The van der Waals surface area contributed by atoms with Crippen LogP contribution in [0.25, 0.3) is 0 Å². The molecule has 2 heteroatoms. The van der Waals surface area contributed by atoms with Crippen molar-refractivity contribution in [1.82, 2.24) is 0 Å². The Kier molecular flexibility index (Phi) is 5.95. The van der Waals surface area contributed by atoms with E-state index >= 15 is 0 Å². The van der Waals surface area contributed by atoms with Crippen molar-refractivity contribution >= 4 is 12.6 Å². The highest BCUT2D eigenvalue weighted by Gasteiger charge is 2.33. The Morgan fingerprint density at radius 2 is 1.29 bits per heavy atom. The van der Waals surface area contributed by atoms with Crippen LogP contribution in [0.1, 0.15) is 20.8 Å². The Morgan fingerprint density at radius 1 is 0.857 bits per heavy atom. The number of hydrogen-bond donors (Lipinski definition) is 0. The highest BCUT2D eigenvalue weighted by atomic mass is 31.2. The summed E-state index contributed by atoms with van der Waals surface area (Å²) in [6.45, 7) is 7.02. The fraction of sp³-hybridized carbons (Fsp3) is 0.500. The Balaban J connectivity index is 0.00000169. The molecule has 0 unspecified atom stereocenters. The first kappa shape index (κ1) is 13.6. The Bertz CT molecular complexity index is 233. The third kappa shape index (κ3) is 2.54. The average Bonchev–Trinajstić information content (AvgIpc) is 2.23. The van der Waals surface area contributed by atoms with Crippen LogP contribution in [0.5, 0.6) is 0 Å². The summed E-state index contributed by atoms with van der Waals surface area (Å²) in [5.74, 6) is 0. The molecule has 0 aliphatic carbocycles. The standard InChI is InChI=1S/C12H20P.FH/c1-4-13(5-2,6-3)12-10-8-7-9-11-12;/h7-11H,4-6H2,1-3H3;1H/q+1;/p-1. The van der Waals surface area contributed by atoms with Gasteiger partial charge in [-0.1, -0.05) is 18.2 Å². The molecular weight excluding hydrogens is 194 g/mol. The molecule has 0 aromatic heterocycles. The maximum atomic E-state index is 2.34. The van der Waals surface area contributed by atoms with E-state index in [9.17, 15) is 0 Å². The Morgan fingerprint density at radius 3 is 1.64 bits per heavy atom. The lowest BCUT2D eigenvalue weighted by Crippen LogP contribution is -3.00. The van der Waals surface area contributed by atoms with Crippen LogP contribution in [0, 0.1) is 0 Å². The van der Waals surface area contributed by atoms with E-state index in [4.69, 9.17) is 0 Å². The van der Waals surface area contributed by atoms with E-state index in [2.05, 4.69) is 51.1 Å². The van der Waals surface area contributed by atoms with E-state index in [0.29, 0.717) is 0 Å². The zero-order valence-corrected chi connectivity index (χ0v) is 10.2. The van der Waals surface area contributed by atoms with Crippen LogP contribution in [0.4, 0.5) is 0 Å². The van der Waals surface area contributed by atoms with Crippen molar-refractivity contribution in [2.45, 2.75) is 20.8 Å². The van der Waals surface area contributed by atoms with E-state index < -0.39 is 7.26 Å². The van der Waals surface area contributed by atoms with Gasteiger partial charge in [0.15, 0.2) is 0 Å². The smallest absolute Gasteiger partial charge is 0.0939 e. The second-order valence-corrected chi connectivity index (χ2v) is 8.13. The number of rotatable bonds is 4. The molecule has 0 nitrogen and oxygen atoms in total. The molecule has 0 N–H and O–H groups in total. The number of benzene rings is 1.